The summed E-state index contributed by atoms with van der Waals surface area (Å²) < 4.78 is 0.506. The van der Waals surface area contributed by atoms with Crippen LogP contribution in [0.2, 0.25) is 0 Å². The van der Waals surface area contributed by atoms with Gasteiger partial charge >= 0.3 is 0 Å². The molecule has 1 aromatic rings. The fourth-order valence-corrected chi connectivity index (χ4v) is 2.25. The van der Waals surface area contributed by atoms with Crippen LogP contribution in [0, 0.1) is 0 Å². The van der Waals surface area contributed by atoms with Crippen molar-refractivity contribution in [2.45, 2.75) is 17.6 Å². The first-order valence-corrected chi connectivity index (χ1v) is 6.00. The summed E-state index contributed by atoms with van der Waals surface area (Å²) in [4.78, 5) is 0. The van der Waals surface area contributed by atoms with Gasteiger partial charge in [0, 0.05) is 11.3 Å². The lowest BCUT2D eigenvalue weighted by Gasteiger charge is -2.11. The van der Waals surface area contributed by atoms with E-state index in [2.05, 4.69) is 21.8 Å². The third-order valence-corrected chi connectivity index (χ3v) is 4.23. The maximum atomic E-state index is 3.93. The fourth-order valence-electron chi connectivity index (χ4n) is 1.08. The maximum Gasteiger partial charge on any atom is 0.205 e. The lowest BCUT2D eigenvalue weighted by Crippen LogP contribution is -2.17. The minimum atomic E-state index is 0.506. The van der Waals surface area contributed by atoms with Crippen LogP contribution in [0.25, 0.3) is 0 Å². The summed E-state index contributed by atoms with van der Waals surface area (Å²) >= 11 is 3.51. The van der Waals surface area contributed by atoms with Crippen molar-refractivity contribution >= 4 is 28.2 Å². The van der Waals surface area contributed by atoms with E-state index in [9.17, 15) is 0 Å². The summed E-state index contributed by atoms with van der Waals surface area (Å²) in [5.74, 6) is 0. The van der Waals surface area contributed by atoms with Crippen LogP contribution >= 0.6 is 23.1 Å². The SMILES string of the molecule is CSC1(CNc2nncs2)CC1. The summed E-state index contributed by atoms with van der Waals surface area (Å²) in [5.41, 5.74) is 1.75. The monoisotopic (exact) mass is 201 g/mol. The van der Waals surface area contributed by atoms with Crippen LogP contribution in [-0.2, 0) is 0 Å². The lowest BCUT2D eigenvalue weighted by molar-refractivity contribution is 0.937. The molecule has 1 N–H and O–H groups in total. The van der Waals surface area contributed by atoms with Gasteiger partial charge in [0.1, 0.15) is 5.51 Å². The first kappa shape index (κ1) is 8.31. The molecule has 1 aromatic heterocycles. The second-order valence-corrected chi connectivity index (χ2v) is 5.09. The smallest absolute Gasteiger partial charge is 0.205 e. The Morgan fingerprint density at radius 2 is 2.58 bits per heavy atom. The van der Waals surface area contributed by atoms with E-state index in [-0.39, 0.29) is 0 Å². The molecule has 1 aliphatic carbocycles. The molecule has 0 spiro atoms. The fraction of sp³-hybridized carbons (Fsp3) is 0.714. The highest BCUT2D eigenvalue weighted by Gasteiger charge is 2.41. The number of aromatic nitrogens is 2. The van der Waals surface area contributed by atoms with Gasteiger partial charge in [-0.05, 0) is 19.1 Å². The molecule has 12 heavy (non-hydrogen) atoms. The predicted octanol–water partition coefficient (Wildman–Crippen LogP) is 1.85. The van der Waals surface area contributed by atoms with Gasteiger partial charge in [-0.2, -0.15) is 11.8 Å². The molecule has 0 unspecified atom stereocenters. The molecule has 0 amide bonds. The molecule has 0 aliphatic heterocycles. The zero-order chi connectivity index (χ0) is 8.44. The first-order chi connectivity index (χ1) is 5.85. The Kier molecular flexibility index (Phi) is 2.23. The number of rotatable bonds is 4. The van der Waals surface area contributed by atoms with Gasteiger partial charge in [0.05, 0.1) is 0 Å². The van der Waals surface area contributed by atoms with Gasteiger partial charge in [-0.3, -0.25) is 0 Å². The van der Waals surface area contributed by atoms with E-state index in [0.29, 0.717) is 4.75 Å². The highest BCUT2D eigenvalue weighted by Crippen LogP contribution is 2.46. The van der Waals surface area contributed by atoms with Crippen LogP contribution in [0.5, 0.6) is 0 Å². The Morgan fingerprint density at radius 1 is 1.75 bits per heavy atom. The Hall–Kier alpha value is -0.290. The van der Waals surface area contributed by atoms with E-state index in [0.717, 1.165) is 11.7 Å². The molecular formula is C7H11N3S2. The van der Waals surface area contributed by atoms with Gasteiger partial charge in [0.25, 0.3) is 0 Å². The van der Waals surface area contributed by atoms with Gasteiger partial charge in [-0.15, -0.1) is 10.2 Å². The Morgan fingerprint density at radius 3 is 3.08 bits per heavy atom. The van der Waals surface area contributed by atoms with E-state index in [1.54, 1.807) is 16.8 Å². The molecule has 1 fully saturated rings. The number of nitrogens with one attached hydrogen (secondary N) is 1. The third-order valence-electron chi connectivity index (χ3n) is 2.16. The van der Waals surface area contributed by atoms with Gasteiger partial charge in [-0.25, -0.2) is 0 Å². The minimum Gasteiger partial charge on any atom is -0.359 e. The maximum absolute atomic E-state index is 3.93. The van der Waals surface area contributed by atoms with E-state index in [1.165, 1.54) is 12.8 Å². The molecule has 1 heterocycles. The van der Waals surface area contributed by atoms with Gasteiger partial charge in [0.2, 0.25) is 5.13 Å². The standard InChI is InChI=1S/C7H11N3S2/c1-11-7(2-3-7)4-8-6-10-9-5-12-6/h5H,2-4H2,1H3,(H,8,10). The van der Waals surface area contributed by atoms with Crippen molar-refractivity contribution in [2.75, 3.05) is 18.1 Å². The second-order valence-electron chi connectivity index (χ2n) is 2.98. The molecule has 1 saturated carbocycles. The van der Waals surface area contributed by atoms with Crippen LogP contribution < -0.4 is 5.32 Å². The molecule has 1 aliphatic rings. The van der Waals surface area contributed by atoms with Crippen molar-refractivity contribution in [3.05, 3.63) is 5.51 Å². The average molecular weight is 201 g/mol. The number of nitrogens with zero attached hydrogens (tertiary/aromatic N) is 2. The Balaban J connectivity index is 1.83. The number of hydrogen-bond donors (Lipinski definition) is 1. The highest BCUT2D eigenvalue weighted by atomic mass is 32.2. The molecule has 5 heteroatoms. The summed E-state index contributed by atoms with van der Waals surface area (Å²) in [6.45, 7) is 1.03. The topological polar surface area (TPSA) is 37.8 Å². The van der Waals surface area contributed by atoms with Gasteiger partial charge < -0.3 is 5.32 Å². The van der Waals surface area contributed by atoms with Crippen molar-refractivity contribution < 1.29 is 0 Å². The zero-order valence-corrected chi connectivity index (χ0v) is 8.54. The largest absolute Gasteiger partial charge is 0.359 e. The van der Waals surface area contributed by atoms with E-state index >= 15 is 0 Å². The summed E-state index contributed by atoms with van der Waals surface area (Å²) in [5, 5.41) is 11.9. The summed E-state index contributed by atoms with van der Waals surface area (Å²) in [6, 6.07) is 0. The number of thioether (sulfide) groups is 1. The van der Waals surface area contributed by atoms with Crippen LogP contribution in [0.1, 0.15) is 12.8 Å². The Labute approximate surface area is 80.0 Å². The summed E-state index contributed by atoms with van der Waals surface area (Å²) in [7, 11) is 0. The van der Waals surface area contributed by atoms with Crippen molar-refractivity contribution in [1.82, 2.24) is 10.2 Å². The van der Waals surface area contributed by atoms with Crippen molar-refractivity contribution in [2.24, 2.45) is 0 Å². The summed E-state index contributed by atoms with van der Waals surface area (Å²) in [6.07, 6.45) is 4.84. The normalized spacial score (nSPS) is 19.1. The number of hydrogen-bond acceptors (Lipinski definition) is 5. The molecule has 3 nitrogen and oxygen atoms in total. The number of anilines is 1. The second kappa shape index (κ2) is 3.22. The first-order valence-electron chi connectivity index (χ1n) is 3.90. The van der Waals surface area contributed by atoms with Crippen LogP contribution in [0.3, 0.4) is 0 Å². The zero-order valence-electron chi connectivity index (χ0n) is 6.91. The quantitative estimate of drug-likeness (QED) is 0.806. The molecule has 0 bridgehead atoms. The molecular weight excluding hydrogens is 190 g/mol. The molecule has 0 radical (unpaired) electrons. The predicted molar refractivity (Wildman–Crippen MR) is 53.9 cm³/mol. The molecule has 0 saturated heterocycles. The molecule has 0 aromatic carbocycles. The van der Waals surface area contributed by atoms with Gasteiger partial charge in [-0.1, -0.05) is 11.3 Å². The molecule has 66 valence electrons. The van der Waals surface area contributed by atoms with Crippen molar-refractivity contribution in [3.63, 3.8) is 0 Å². The highest BCUT2D eigenvalue weighted by molar-refractivity contribution is 8.00. The molecule has 0 atom stereocenters. The minimum absolute atomic E-state index is 0.506. The van der Waals surface area contributed by atoms with E-state index < -0.39 is 0 Å². The lowest BCUT2D eigenvalue weighted by atomic mass is 10.4. The average Bonchev–Trinajstić information content (AvgIpc) is 2.70. The van der Waals surface area contributed by atoms with Crippen molar-refractivity contribution in [3.8, 4) is 0 Å². The van der Waals surface area contributed by atoms with E-state index in [1.807, 2.05) is 11.8 Å². The van der Waals surface area contributed by atoms with Crippen molar-refractivity contribution in [1.29, 1.82) is 0 Å². The third kappa shape index (κ3) is 1.72. The Bertz CT molecular complexity index is 243. The van der Waals surface area contributed by atoms with Crippen LogP contribution in [0.15, 0.2) is 5.51 Å². The van der Waals surface area contributed by atoms with Gasteiger partial charge in [0.15, 0.2) is 0 Å². The molecule has 2 rings (SSSR count). The van der Waals surface area contributed by atoms with Crippen LogP contribution in [-0.4, -0.2) is 27.7 Å². The van der Waals surface area contributed by atoms with E-state index in [4.69, 9.17) is 0 Å². The van der Waals surface area contributed by atoms with Crippen LogP contribution in [0.4, 0.5) is 5.13 Å².